The molecule has 0 saturated carbocycles. The van der Waals surface area contributed by atoms with Crippen LogP contribution in [0, 0.1) is 0 Å². The molecule has 2 N–H and O–H groups in total. The molecular formula is C19H36O8S. The van der Waals surface area contributed by atoms with Crippen molar-refractivity contribution >= 4 is 22.1 Å². The lowest BCUT2D eigenvalue weighted by Gasteiger charge is -2.11. The number of carbonyl (C=O) groups excluding carboxylic acids is 1. The molecule has 0 aliphatic rings. The number of carboxylic acids is 1. The predicted octanol–water partition coefficient (Wildman–Crippen LogP) is 3.59. The lowest BCUT2D eigenvalue weighted by Crippen LogP contribution is -2.34. The van der Waals surface area contributed by atoms with Crippen LogP contribution in [0.15, 0.2) is 0 Å². The van der Waals surface area contributed by atoms with E-state index in [1.807, 2.05) is 0 Å². The fraction of sp³-hybridized carbons (Fsp3) is 0.895. The Hall–Kier alpha value is -1.19. The number of unbranched alkanes of at least 4 members (excludes halogenated alkanes) is 9. The molecule has 1 atom stereocenters. The zero-order chi connectivity index (χ0) is 21.3. The van der Waals surface area contributed by atoms with Gasteiger partial charge < -0.3 is 14.6 Å². The number of esters is 1. The molecule has 166 valence electrons. The van der Waals surface area contributed by atoms with E-state index in [1.54, 1.807) is 0 Å². The normalized spacial score (nSPS) is 12.6. The summed E-state index contributed by atoms with van der Waals surface area (Å²) in [7, 11) is -4.82. The van der Waals surface area contributed by atoms with E-state index < -0.39 is 33.7 Å². The highest BCUT2D eigenvalue weighted by molar-refractivity contribution is 7.87. The van der Waals surface area contributed by atoms with Crippen molar-refractivity contribution in [1.82, 2.24) is 0 Å². The van der Waals surface area contributed by atoms with E-state index in [2.05, 4.69) is 6.92 Å². The molecule has 0 heterocycles. The molecule has 0 spiro atoms. The fourth-order valence-corrected chi connectivity index (χ4v) is 3.35. The van der Waals surface area contributed by atoms with E-state index in [1.165, 1.54) is 51.4 Å². The summed E-state index contributed by atoms with van der Waals surface area (Å²) in [6.45, 7) is 3.11. The van der Waals surface area contributed by atoms with Gasteiger partial charge >= 0.3 is 11.9 Å². The maximum absolute atomic E-state index is 11.6. The van der Waals surface area contributed by atoms with Gasteiger partial charge in [0.1, 0.15) is 0 Å². The van der Waals surface area contributed by atoms with Gasteiger partial charge in [-0.3, -0.25) is 14.1 Å². The Morgan fingerprint density at radius 3 is 1.82 bits per heavy atom. The molecule has 1 unspecified atom stereocenters. The minimum absolute atomic E-state index is 0.0947. The molecule has 0 aromatic carbocycles. The summed E-state index contributed by atoms with van der Waals surface area (Å²) in [5, 5.41) is 6.50. The first-order valence-electron chi connectivity index (χ1n) is 10.2. The number of hydrogen-bond donors (Lipinski definition) is 2. The first-order valence-corrected chi connectivity index (χ1v) is 11.7. The average Bonchev–Trinajstić information content (AvgIpc) is 2.61. The average molecular weight is 425 g/mol. The van der Waals surface area contributed by atoms with Crippen LogP contribution in [0.4, 0.5) is 0 Å². The molecule has 0 rings (SSSR count). The highest BCUT2D eigenvalue weighted by Crippen LogP contribution is 2.11. The Morgan fingerprint density at radius 2 is 1.32 bits per heavy atom. The van der Waals surface area contributed by atoms with E-state index in [0.717, 1.165) is 12.8 Å². The maximum atomic E-state index is 11.6. The van der Waals surface area contributed by atoms with Crippen molar-refractivity contribution in [2.75, 3.05) is 19.8 Å². The summed E-state index contributed by atoms with van der Waals surface area (Å²) < 4.78 is 41.1. The van der Waals surface area contributed by atoms with Crippen molar-refractivity contribution in [1.29, 1.82) is 0 Å². The SMILES string of the molecule is CCCCCCCCCCCCOCCCOC(=O)C(CC(=O)O)S(=O)(=O)O. The van der Waals surface area contributed by atoms with Gasteiger partial charge in [-0.15, -0.1) is 0 Å². The Kier molecular flexibility index (Phi) is 16.0. The van der Waals surface area contributed by atoms with Crippen LogP contribution in [-0.4, -0.2) is 55.1 Å². The van der Waals surface area contributed by atoms with Crippen LogP contribution in [-0.2, 0) is 29.2 Å². The lowest BCUT2D eigenvalue weighted by atomic mass is 10.1. The van der Waals surface area contributed by atoms with Crippen LogP contribution < -0.4 is 0 Å². The number of rotatable bonds is 19. The second-order valence-electron chi connectivity index (χ2n) is 6.92. The van der Waals surface area contributed by atoms with Gasteiger partial charge in [-0.25, -0.2) is 0 Å². The highest BCUT2D eigenvalue weighted by Gasteiger charge is 2.34. The summed E-state index contributed by atoms with van der Waals surface area (Å²) in [5.41, 5.74) is 0. The minimum atomic E-state index is -4.82. The van der Waals surface area contributed by atoms with E-state index in [0.29, 0.717) is 19.6 Å². The topological polar surface area (TPSA) is 127 Å². The van der Waals surface area contributed by atoms with Crippen molar-refractivity contribution < 1.29 is 37.1 Å². The Balaban J connectivity index is 3.56. The van der Waals surface area contributed by atoms with Gasteiger partial charge in [-0.05, 0) is 6.42 Å². The van der Waals surface area contributed by atoms with Crippen molar-refractivity contribution in [3.05, 3.63) is 0 Å². The number of carbonyl (C=O) groups is 2. The molecule has 9 heteroatoms. The predicted molar refractivity (Wildman–Crippen MR) is 106 cm³/mol. The number of hydrogen-bond acceptors (Lipinski definition) is 6. The number of ether oxygens (including phenoxy) is 2. The zero-order valence-corrected chi connectivity index (χ0v) is 17.8. The molecule has 0 bridgehead atoms. The molecular weight excluding hydrogens is 388 g/mol. The molecule has 0 aliphatic carbocycles. The summed E-state index contributed by atoms with van der Waals surface area (Å²) in [6, 6.07) is 0. The third-order valence-electron chi connectivity index (χ3n) is 4.30. The van der Waals surface area contributed by atoms with Crippen LogP contribution in [0.2, 0.25) is 0 Å². The first kappa shape index (κ1) is 26.8. The van der Waals surface area contributed by atoms with Gasteiger partial charge in [0.25, 0.3) is 10.1 Å². The smallest absolute Gasteiger partial charge is 0.327 e. The molecule has 8 nitrogen and oxygen atoms in total. The van der Waals surface area contributed by atoms with Crippen molar-refractivity contribution in [3.63, 3.8) is 0 Å². The van der Waals surface area contributed by atoms with E-state index in [-0.39, 0.29) is 6.61 Å². The van der Waals surface area contributed by atoms with E-state index in [4.69, 9.17) is 19.1 Å². The van der Waals surface area contributed by atoms with Gasteiger partial charge in [0, 0.05) is 19.6 Å². The third kappa shape index (κ3) is 15.8. The van der Waals surface area contributed by atoms with Crippen molar-refractivity contribution in [2.45, 2.75) is 89.2 Å². The first-order chi connectivity index (χ1) is 13.3. The monoisotopic (exact) mass is 424 g/mol. The largest absolute Gasteiger partial charge is 0.481 e. The molecule has 0 radical (unpaired) electrons. The second-order valence-corrected chi connectivity index (χ2v) is 8.52. The molecule has 0 aromatic rings. The quantitative estimate of drug-likeness (QED) is 0.183. The van der Waals surface area contributed by atoms with E-state index >= 15 is 0 Å². The second kappa shape index (κ2) is 16.7. The van der Waals surface area contributed by atoms with Gasteiger partial charge in [0.05, 0.1) is 13.0 Å². The fourth-order valence-electron chi connectivity index (χ4n) is 2.69. The molecule has 0 fully saturated rings. The molecule has 0 saturated heterocycles. The van der Waals surface area contributed by atoms with Gasteiger partial charge in [0.15, 0.2) is 5.25 Å². The third-order valence-corrected chi connectivity index (χ3v) is 5.38. The van der Waals surface area contributed by atoms with Gasteiger partial charge in [-0.2, -0.15) is 8.42 Å². The lowest BCUT2D eigenvalue weighted by molar-refractivity contribution is -0.147. The Bertz CT molecular complexity index is 518. The van der Waals surface area contributed by atoms with Gasteiger partial charge in [0.2, 0.25) is 0 Å². The Labute approximate surface area is 168 Å². The number of carboxylic acid groups (broad SMARTS) is 1. The van der Waals surface area contributed by atoms with E-state index in [9.17, 15) is 18.0 Å². The standard InChI is InChI=1S/C19H36O8S/c1-2-3-4-5-6-7-8-9-10-11-13-26-14-12-15-27-19(22)17(16-18(20)21)28(23,24)25/h17H,2-16H2,1H3,(H,20,21)(H,23,24,25). The highest BCUT2D eigenvalue weighted by atomic mass is 32.2. The van der Waals surface area contributed by atoms with Crippen molar-refractivity contribution in [3.8, 4) is 0 Å². The molecule has 0 amide bonds. The van der Waals surface area contributed by atoms with Crippen LogP contribution in [0.1, 0.15) is 84.0 Å². The minimum Gasteiger partial charge on any atom is -0.481 e. The summed E-state index contributed by atoms with van der Waals surface area (Å²) >= 11 is 0. The molecule has 0 aromatic heterocycles. The van der Waals surface area contributed by atoms with Crippen LogP contribution in [0.5, 0.6) is 0 Å². The van der Waals surface area contributed by atoms with Crippen molar-refractivity contribution in [2.24, 2.45) is 0 Å². The summed E-state index contributed by atoms with van der Waals surface area (Å²) in [6.07, 6.45) is 11.8. The maximum Gasteiger partial charge on any atom is 0.327 e. The Morgan fingerprint density at radius 1 is 0.821 bits per heavy atom. The van der Waals surface area contributed by atoms with Crippen LogP contribution in [0.3, 0.4) is 0 Å². The molecule has 28 heavy (non-hydrogen) atoms. The van der Waals surface area contributed by atoms with Crippen LogP contribution >= 0.6 is 0 Å². The zero-order valence-electron chi connectivity index (χ0n) is 16.9. The molecule has 0 aliphatic heterocycles. The van der Waals surface area contributed by atoms with Crippen LogP contribution in [0.25, 0.3) is 0 Å². The summed E-state index contributed by atoms with van der Waals surface area (Å²) in [4.78, 5) is 22.2. The number of aliphatic carboxylic acids is 1. The van der Waals surface area contributed by atoms with Gasteiger partial charge in [-0.1, -0.05) is 64.7 Å². The summed E-state index contributed by atoms with van der Waals surface area (Å²) in [5.74, 6) is -2.78.